The maximum Gasteiger partial charge on any atom is 0.391 e. The van der Waals surface area contributed by atoms with E-state index in [-0.39, 0.29) is 6.79 Å². The molecule has 1 aliphatic rings. The first kappa shape index (κ1) is 25.0. The zero-order valence-corrected chi connectivity index (χ0v) is 21.0. The Kier molecular flexibility index (Phi) is 8.26. The molecule has 0 fully saturated rings. The van der Waals surface area contributed by atoms with Crippen molar-refractivity contribution in [1.82, 2.24) is 4.90 Å². The predicted octanol–water partition coefficient (Wildman–Crippen LogP) is 5.32. The molecule has 0 saturated carbocycles. The normalized spacial score (nSPS) is 13.2. The molecule has 7 nitrogen and oxygen atoms in total. The van der Waals surface area contributed by atoms with E-state index < -0.39 is 8.60 Å². The van der Waals surface area contributed by atoms with Crippen LogP contribution in [0.25, 0.3) is 11.1 Å². The van der Waals surface area contributed by atoms with Crippen molar-refractivity contribution in [3.8, 4) is 23.0 Å². The van der Waals surface area contributed by atoms with Gasteiger partial charge < -0.3 is 33.4 Å². The summed E-state index contributed by atoms with van der Waals surface area (Å²) < 4.78 is 22.1. The van der Waals surface area contributed by atoms with Crippen LogP contribution in [0.2, 0.25) is 0 Å². The average molecular weight is 496 g/mol. The molecule has 4 rings (SSSR count). The summed E-state index contributed by atoms with van der Waals surface area (Å²) >= 11 is 0. The quantitative estimate of drug-likeness (QED) is 0.291. The molecule has 2 N–H and O–H groups in total. The van der Waals surface area contributed by atoms with Gasteiger partial charge in [-0.2, -0.15) is 0 Å². The molecule has 0 aliphatic carbocycles. The van der Waals surface area contributed by atoms with Crippen molar-refractivity contribution >= 4 is 19.7 Å². The van der Waals surface area contributed by atoms with Crippen LogP contribution in [0.5, 0.6) is 23.0 Å². The van der Waals surface area contributed by atoms with Crippen molar-refractivity contribution in [1.29, 1.82) is 0 Å². The van der Waals surface area contributed by atoms with Crippen LogP contribution in [0, 0.1) is 0 Å². The number of nitrogens with zero attached hydrogens (tertiary/aromatic N) is 1. The molecule has 1 heterocycles. The van der Waals surface area contributed by atoms with Gasteiger partial charge in [0.2, 0.25) is 6.79 Å². The number of hydrogen-bond donors (Lipinski definition) is 2. The summed E-state index contributed by atoms with van der Waals surface area (Å²) in [6.45, 7) is 3.81. The number of fused-ring (bicyclic) bond motifs is 1. The second-order valence-electron chi connectivity index (χ2n) is 8.32. The van der Waals surface area contributed by atoms with Gasteiger partial charge in [0.05, 0.1) is 0 Å². The lowest BCUT2D eigenvalue weighted by molar-refractivity contribution is 0.174. The first-order chi connectivity index (χ1) is 16.9. The van der Waals surface area contributed by atoms with E-state index in [9.17, 15) is 9.79 Å². The molecule has 0 atom stereocenters. The molecule has 0 spiro atoms. The predicted molar refractivity (Wildman–Crippen MR) is 138 cm³/mol. The van der Waals surface area contributed by atoms with Gasteiger partial charge in [0, 0.05) is 6.54 Å². The number of hydrogen-bond acceptors (Lipinski definition) is 7. The van der Waals surface area contributed by atoms with E-state index in [0.717, 1.165) is 58.1 Å². The molecule has 35 heavy (non-hydrogen) atoms. The Bertz CT molecular complexity index is 1160. The first-order valence-corrected chi connectivity index (χ1v) is 12.6. The van der Waals surface area contributed by atoms with Gasteiger partial charge in [0.1, 0.15) is 18.1 Å². The summed E-state index contributed by atoms with van der Waals surface area (Å²) in [7, 11) is 1.57. The van der Waals surface area contributed by atoms with Crippen molar-refractivity contribution in [2.45, 2.75) is 13.3 Å². The van der Waals surface area contributed by atoms with Gasteiger partial charge in [-0.1, -0.05) is 37.3 Å². The van der Waals surface area contributed by atoms with Crippen LogP contribution >= 0.6 is 8.60 Å². The summed E-state index contributed by atoms with van der Waals surface area (Å²) in [6.07, 6.45) is 0.785. The average Bonchev–Trinajstić information content (AvgIpc) is 3.31. The molecule has 3 aromatic rings. The molecule has 0 saturated heterocycles. The number of rotatable bonds is 10. The SMILES string of the molecule is CCC(=C(c1ccc(OCCN(C)C)cc1)c1ccc(OP(O)O)cc1)c1ccc2c(c1)OCO2. The van der Waals surface area contributed by atoms with Crippen LogP contribution in [0.3, 0.4) is 0 Å². The smallest absolute Gasteiger partial charge is 0.391 e. The fourth-order valence-corrected chi connectivity index (χ4v) is 4.28. The van der Waals surface area contributed by atoms with E-state index in [0.29, 0.717) is 12.4 Å². The number of allylic oxidation sites excluding steroid dienone is 1. The Hall–Kier alpha value is -3.09. The van der Waals surface area contributed by atoms with Crippen LogP contribution in [-0.2, 0) is 0 Å². The van der Waals surface area contributed by atoms with Gasteiger partial charge in [0.15, 0.2) is 11.5 Å². The highest BCUT2D eigenvalue weighted by Gasteiger charge is 2.18. The van der Waals surface area contributed by atoms with E-state index >= 15 is 0 Å². The van der Waals surface area contributed by atoms with Crippen LogP contribution in [-0.4, -0.2) is 48.7 Å². The van der Waals surface area contributed by atoms with E-state index in [1.54, 1.807) is 12.1 Å². The third kappa shape index (κ3) is 6.32. The van der Waals surface area contributed by atoms with E-state index in [1.807, 2.05) is 56.6 Å². The standard InChI is InChI=1S/C27H30NO6P/c1-4-24(21-9-14-25-26(17-21)33-18-32-25)27(20-7-12-23(13-8-20)34-35(29)30)19-5-10-22(11-6-19)31-16-15-28(2)3/h5-14,17,29-30H,4,15-16,18H2,1-3H3. The Balaban J connectivity index is 1.74. The lowest BCUT2D eigenvalue weighted by atomic mass is 9.88. The van der Waals surface area contributed by atoms with Gasteiger partial charge in [-0.3, -0.25) is 0 Å². The summed E-state index contributed by atoms with van der Waals surface area (Å²) in [6, 6.07) is 21.4. The second kappa shape index (κ2) is 11.6. The Morgan fingerprint density at radius 2 is 1.46 bits per heavy atom. The number of ether oxygens (including phenoxy) is 3. The van der Waals surface area contributed by atoms with Crippen LogP contribution < -0.4 is 18.7 Å². The molecule has 0 radical (unpaired) electrons. The Morgan fingerprint density at radius 1 is 0.857 bits per heavy atom. The Labute approximate surface area is 207 Å². The highest BCUT2D eigenvalue weighted by atomic mass is 31.2. The fourth-order valence-electron chi connectivity index (χ4n) is 3.97. The minimum Gasteiger partial charge on any atom is -0.492 e. The van der Waals surface area contributed by atoms with E-state index in [2.05, 4.69) is 24.0 Å². The maximum absolute atomic E-state index is 9.18. The molecule has 0 unspecified atom stereocenters. The lowest BCUT2D eigenvalue weighted by Gasteiger charge is -2.18. The van der Waals surface area contributed by atoms with Crippen molar-refractivity contribution in [3.63, 3.8) is 0 Å². The first-order valence-electron chi connectivity index (χ1n) is 11.4. The fraction of sp³-hybridized carbons (Fsp3) is 0.259. The molecule has 3 aromatic carbocycles. The topological polar surface area (TPSA) is 80.6 Å². The third-order valence-electron chi connectivity index (χ3n) is 5.66. The minimum atomic E-state index is -2.47. The van der Waals surface area contributed by atoms with Crippen LogP contribution in [0.1, 0.15) is 30.0 Å². The van der Waals surface area contributed by atoms with Crippen molar-refractivity contribution < 1.29 is 28.5 Å². The summed E-state index contributed by atoms with van der Waals surface area (Å²) in [4.78, 5) is 20.5. The van der Waals surface area contributed by atoms with E-state index in [1.165, 1.54) is 0 Å². The van der Waals surface area contributed by atoms with Gasteiger partial charge in [-0.25, -0.2) is 0 Å². The largest absolute Gasteiger partial charge is 0.492 e. The molecular weight excluding hydrogens is 465 g/mol. The van der Waals surface area contributed by atoms with Crippen molar-refractivity contribution in [2.75, 3.05) is 34.0 Å². The zero-order valence-electron chi connectivity index (χ0n) is 20.1. The number of benzene rings is 3. The van der Waals surface area contributed by atoms with Crippen molar-refractivity contribution in [2.24, 2.45) is 0 Å². The van der Waals surface area contributed by atoms with Gasteiger partial charge in [0.25, 0.3) is 0 Å². The van der Waals surface area contributed by atoms with Gasteiger partial charge >= 0.3 is 8.60 Å². The molecule has 0 amide bonds. The van der Waals surface area contributed by atoms with Crippen molar-refractivity contribution in [3.05, 3.63) is 83.4 Å². The lowest BCUT2D eigenvalue weighted by Crippen LogP contribution is -2.19. The van der Waals surface area contributed by atoms with Crippen LogP contribution in [0.15, 0.2) is 66.7 Å². The van der Waals surface area contributed by atoms with Gasteiger partial charge in [-0.15, -0.1) is 0 Å². The Morgan fingerprint density at radius 3 is 2.06 bits per heavy atom. The summed E-state index contributed by atoms with van der Waals surface area (Å²) in [5.74, 6) is 2.70. The summed E-state index contributed by atoms with van der Waals surface area (Å²) in [5, 5.41) is 0. The third-order valence-corrected chi connectivity index (χ3v) is 6.03. The minimum absolute atomic E-state index is 0.228. The molecule has 0 aromatic heterocycles. The highest BCUT2D eigenvalue weighted by molar-refractivity contribution is 7.39. The maximum atomic E-state index is 9.18. The highest BCUT2D eigenvalue weighted by Crippen LogP contribution is 2.40. The van der Waals surface area contributed by atoms with E-state index in [4.69, 9.17) is 18.7 Å². The molecular formula is C27H30NO6P. The summed E-state index contributed by atoms with van der Waals surface area (Å²) in [5.41, 5.74) is 5.28. The molecule has 8 heteroatoms. The molecule has 1 aliphatic heterocycles. The zero-order chi connectivity index (χ0) is 24.8. The molecule has 184 valence electrons. The molecule has 0 bridgehead atoms. The monoisotopic (exact) mass is 495 g/mol. The number of likely N-dealkylation sites (N-methyl/N-ethyl adjacent to an activating group) is 1. The van der Waals surface area contributed by atoms with Crippen LogP contribution in [0.4, 0.5) is 0 Å². The second-order valence-corrected chi connectivity index (χ2v) is 9.01. The van der Waals surface area contributed by atoms with Gasteiger partial charge in [-0.05, 0) is 84.8 Å².